The van der Waals surface area contributed by atoms with Gasteiger partial charge < -0.3 is 10.2 Å². The van der Waals surface area contributed by atoms with Crippen molar-refractivity contribution in [1.82, 2.24) is 10.2 Å². The van der Waals surface area contributed by atoms with Crippen LogP contribution in [0.15, 0.2) is 18.2 Å². The second-order valence-corrected chi connectivity index (χ2v) is 7.90. The van der Waals surface area contributed by atoms with Crippen LogP contribution in [0.4, 0.5) is 0 Å². The van der Waals surface area contributed by atoms with E-state index in [9.17, 15) is 4.79 Å². The summed E-state index contributed by atoms with van der Waals surface area (Å²) in [6, 6.07) is 6.32. The van der Waals surface area contributed by atoms with Gasteiger partial charge in [0.05, 0.1) is 0 Å². The molecule has 1 saturated heterocycles. The Labute approximate surface area is 146 Å². The van der Waals surface area contributed by atoms with Gasteiger partial charge in [-0.2, -0.15) is 0 Å². The van der Waals surface area contributed by atoms with Crippen LogP contribution in [-0.4, -0.2) is 37.0 Å². The Morgan fingerprint density at radius 2 is 1.92 bits per heavy atom. The van der Waals surface area contributed by atoms with Crippen LogP contribution in [-0.2, 0) is 6.42 Å². The van der Waals surface area contributed by atoms with Gasteiger partial charge in [0.1, 0.15) is 0 Å². The molecule has 1 amide bonds. The van der Waals surface area contributed by atoms with Gasteiger partial charge in [0, 0.05) is 18.7 Å². The van der Waals surface area contributed by atoms with Crippen molar-refractivity contribution < 1.29 is 4.79 Å². The average Bonchev–Trinajstić information content (AvgIpc) is 2.60. The number of amides is 1. The van der Waals surface area contributed by atoms with E-state index < -0.39 is 0 Å². The van der Waals surface area contributed by atoms with E-state index in [1.165, 1.54) is 43.5 Å². The number of piperidine rings is 1. The first-order valence-corrected chi connectivity index (χ1v) is 9.69. The predicted octanol–water partition coefficient (Wildman–Crippen LogP) is 3.83. The zero-order valence-electron chi connectivity index (χ0n) is 15.5. The molecule has 0 saturated carbocycles. The monoisotopic (exact) mass is 328 g/mol. The molecule has 3 nitrogen and oxygen atoms in total. The summed E-state index contributed by atoms with van der Waals surface area (Å²) in [7, 11) is 0. The van der Waals surface area contributed by atoms with Gasteiger partial charge in [-0.05, 0) is 73.4 Å². The highest BCUT2D eigenvalue weighted by Crippen LogP contribution is 2.39. The number of likely N-dealkylation sites (tertiary alicyclic amines) is 1. The predicted molar refractivity (Wildman–Crippen MR) is 99.5 cm³/mol. The van der Waals surface area contributed by atoms with Crippen molar-refractivity contribution in [2.24, 2.45) is 11.8 Å². The fraction of sp³-hybridized carbons (Fsp3) is 0.667. The number of nitrogens with zero attached hydrogens (tertiary/aromatic N) is 1. The van der Waals surface area contributed by atoms with Crippen LogP contribution in [0.3, 0.4) is 0 Å². The minimum atomic E-state index is 0.0771. The Kier molecular flexibility index (Phi) is 5.60. The van der Waals surface area contributed by atoms with Gasteiger partial charge in [-0.3, -0.25) is 4.79 Å². The lowest BCUT2D eigenvalue weighted by Crippen LogP contribution is -2.37. The molecule has 2 aliphatic rings. The molecule has 1 aliphatic carbocycles. The maximum atomic E-state index is 12.5. The Morgan fingerprint density at radius 3 is 2.67 bits per heavy atom. The maximum Gasteiger partial charge on any atom is 0.251 e. The van der Waals surface area contributed by atoms with E-state index in [0.717, 1.165) is 31.0 Å². The first-order valence-electron chi connectivity index (χ1n) is 9.69. The highest BCUT2D eigenvalue weighted by Gasteiger charge is 2.28. The Morgan fingerprint density at radius 1 is 1.17 bits per heavy atom. The zero-order valence-corrected chi connectivity index (χ0v) is 15.5. The van der Waals surface area contributed by atoms with Crippen LogP contribution in [0.2, 0.25) is 0 Å². The summed E-state index contributed by atoms with van der Waals surface area (Å²) < 4.78 is 0. The quantitative estimate of drug-likeness (QED) is 0.911. The molecule has 0 spiro atoms. The van der Waals surface area contributed by atoms with Crippen LogP contribution in [0.1, 0.15) is 67.4 Å². The molecular formula is C21H32N2O. The molecule has 0 radical (unpaired) electrons. The summed E-state index contributed by atoms with van der Waals surface area (Å²) in [4.78, 5) is 15.0. The molecule has 3 rings (SSSR count). The van der Waals surface area contributed by atoms with Gasteiger partial charge in [-0.1, -0.05) is 33.3 Å². The second kappa shape index (κ2) is 7.69. The number of carbonyl (C=O) groups excluding carboxylic acids is 1. The van der Waals surface area contributed by atoms with Crippen molar-refractivity contribution in [1.29, 1.82) is 0 Å². The largest absolute Gasteiger partial charge is 0.351 e. The van der Waals surface area contributed by atoms with Crippen LogP contribution in [0.25, 0.3) is 0 Å². The molecule has 1 aliphatic heterocycles. The molecule has 1 heterocycles. The topological polar surface area (TPSA) is 32.3 Å². The molecule has 1 aromatic carbocycles. The van der Waals surface area contributed by atoms with Crippen molar-refractivity contribution in [3.05, 3.63) is 34.9 Å². The van der Waals surface area contributed by atoms with Crippen LogP contribution >= 0.6 is 0 Å². The maximum absolute atomic E-state index is 12.5. The van der Waals surface area contributed by atoms with Crippen molar-refractivity contribution in [2.75, 3.05) is 26.2 Å². The van der Waals surface area contributed by atoms with Gasteiger partial charge in [-0.25, -0.2) is 0 Å². The van der Waals surface area contributed by atoms with Crippen molar-refractivity contribution in [2.45, 2.75) is 52.4 Å². The molecule has 1 fully saturated rings. The first kappa shape index (κ1) is 17.5. The van der Waals surface area contributed by atoms with E-state index >= 15 is 0 Å². The smallest absolute Gasteiger partial charge is 0.251 e. The summed E-state index contributed by atoms with van der Waals surface area (Å²) in [5.41, 5.74) is 3.63. The third-order valence-electron chi connectivity index (χ3n) is 6.29. The summed E-state index contributed by atoms with van der Waals surface area (Å²) in [6.07, 6.45) is 5.09. The molecule has 3 heteroatoms. The molecule has 24 heavy (non-hydrogen) atoms. The van der Waals surface area contributed by atoms with Crippen molar-refractivity contribution in [3.63, 3.8) is 0 Å². The number of hydrogen-bond acceptors (Lipinski definition) is 2. The fourth-order valence-corrected chi connectivity index (χ4v) is 4.27. The van der Waals surface area contributed by atoms with Gasteiger partial charge >= 0.3 is 0 Å². The van der Waals surface area contributed by atoms with E-state index in [-0.39, 0.29) is 5.91 Å². The Balaban J connectivity index is 1.59. The highest BCUT2D eigenvalue weighted by molar-refractivity contribution is 5.94. The van der Waals surface area contributed by atoms with E-state index in [4.69, 9.17) is 0 Å². The summed E-state index contributed by atoms with van der Waals surface area (Å²) >= 11 is 0. The summed E-state index contributed by atoms with van der Waals surface area (Å²) in [6.45, 7) is 11.1. The third-order valence-corrected chi connectivity index (χ3v) is 6.29. The number of benzene rings is 1. The van der Waals surface area contributed by atoms with Crippen molar-refractivity contribution in [3.8, 4) is 0 Å². The van der Waals surface area contributed by atoms with Crippen molar-refractivity contribution >= 4 is 5.91 Å². The average molecular weight is 328 g/mol. The second-order valence-electron chi connectivity index (χ2n) is 7.90. The highest BCUT2D eigenvalue weighted by atomic mass is 16.1. The SMILES string of the molecule is CC1Cc2ccc(C(=O)NCCN3CCCCC3)cc2C(C)C1C. The normalized spacial score (nSPS) is 27.5. The lowest BCUT2D eigenvalue weighted by atomic mass is 9.71. The molecule has 0 bridgehead atoms. The van der Waals surface area contributed by atoms with Crippen LogP contribution in [0, 0.1) is 11.8 Å². The lowest BCUT2D eigenvalue weighted by molar-refractivity contribution is 0.0946. The molecule has 132 valence electrons. The van der Waals surface area contributed by atoms with Gasteiger partial charge in [0.2, 0.25) is 0 Å². The molecule has 3 atom stereocenters. The number of rotatable bonds is 4. The van der Waals surface area contributed by atoms with E-state index in [1.807, 2.05) is 6.07 Å². The minimum Gasteiger partial charge on any atom is -0.351 e. The first-order chi connectivity index (χ1) is 11.6. The summed E-state index contributed by atoms with van der Waals surface area (Å²) in [5, 5.41) is 3.11. The van der Waals surface area contributed by atoms with Crippen LogP contribution in [0.5, 0.6) is 0 Å². The number of nitrogens with one attached hydrogen (secondary N) is 1. The molecule has 3 unspecified atom stereocenters. The van der Waals surface area contributed by atoms with Gasteiger partial charge in [0.25, 0.3) is 5.91 Å². The number of hydrogen-bond donors (Lipinski definition) is 1. The molecular weight excluding hydrogens is 296 g/mol. The number of fused-ring (bicyclic) bond motifs is 1. The summed E-state index contributed by atoms with van der Waals surface area (Å²) in [5.74, 6) is 2.00. The van der Waals surface area contributed by atoms with E-state index in [2.05, 4.69) is 43.1 Å². The van der Waals surface area contributed by atoms with Gasteiger partial charge in [-0.15, -0.1) is 0 Å². The number of carbonyl (C=O) groups is 1. The fourth-order valence-electron chi connectivity index (χ4n) is 4.27. The van der Waals surface area contributed by atoms with E-state index in [0.29, 0.717) is 11.8 Å². The molecule has 0 aromatic heterocycles. The minimum absolute atomic E-state index is 0.0771. The lowest BCUT2D eigenvalue weighted by Gasteiger charge is -2.34. The Bertz CT molecular complexity index is 577. The zero-order chi connectivity index (χ0) is 17.1. The standard InChI is InChI=1S/C21H32N2O/c1-15-13-18-7-8-19(14-20(18)17(3)16(15)2)21(24)22-9-12-23-10-5-4-6-11-23/h7-8,14-17H,4-6,9-13H2,1-3H3,(H,22,24). The van der Waals surface area contributed by atoms with E-state index in [1.54, 1.807) is 0 Å². The molecule has 1 aromatic rings. The van der Waals surface area contributed by atoms with Gasteiger partial charge in [0.15, 0.2) is 0 Å². The Hall–Kier alpha value is -1.35. The third kappa shape index (κ3) is 3.83. The van der Waals surface area contributed by atoms with Crippen LogP contribution < -0.4 is 5.32 Å². The molecule has 1 N–H and O–H groups in total.